The lowest BCUT2D eigenvalue weighted by Crippen LogP contribution is -2.59. The highest BCUT2D eigenvalue weighted by atomic mass is 16.6. The van der Waals surface area contributed by atoms with Gasteiger partial charge in [0.15, 0.2) is 5.78 Å². The van der Waals surface area contributed by atoms with E-state index in [0.29, 0.717) is 64.2 Å². The van der Waals surface area contributed by atoms with Crippen molar-refractivity contribution in [2.75, 3.05) is 34.4 Å². The minimum Gasteiger partial charge on any atom is -0.461 e. The van der Waals surface area contributed by atoms with E-state index in [0.717, 1.165) is 17.6 Å². The number of carbonyl (C=O) groups is 5. The van der Waals surface area contributed by atoms with Crippen LogP contribution in [-0.4, -0.2) is 121 Å². The van der Waals surface area contributed by atoms with Crippen molar-refractivity contribution in [1.82, 2.24) is 4.90 Å². The lowest BCUT2D eigenvalue weighted by atomic mass is 9.78. The first-order chi connectivity index (χ1) is 30.3. The first-order valence-corrected chi connectivity index (χ1v) is 23.8. The number of carbonyl (C=O) groups excluding carboxylic acids is 5. The van der Waals surface area contributed by atoms with Crippen LogP contribution in [0.1, 0.15) is 126 Å². The number of piperidine rings is 1. The number of aliphatic hydroxyl groups excluding tert-OH is 1. The van der Waals surface area contributed by atoms with Gasteiger partial charge in [0.25, 0.3) is 11.7 Å². The van der Waals surface area contributed by atoms with Crippen LogP contribution in [0.3, 0.4) is 0 Å². The molecule has 1 unspecified atom stereocenters. The molecule has 0 aromatic carbocycles. The maximum absolute atomic E-state index is 14.1. The van der Waals surface area contributed by atoms with Crippen molar-refractivity contribution in [3.05, 3.63) is 47.6 Å². The molecule has 0 aromatic heterocycles. The fourth-order valence-electron chi connectivity index (χ4n) is 10.1. The molecular formula is C51H79NO12. The number of nitrogens with zero attached hydrogens (tertiary/aromatic N) is 1. The summed E-state index contributed by atoms with van der Waals surface area (Å²) in [5.41, 5.74) is 1.75. The van der Waals surface area contributed by atoms with Crippen LogP contribution in [0.15, 0.2) is 47.6 Å². The van der Waals surface area contributed by atoms with E-state index in [1.807, 2.05) is 58.1 Å². The van der Waals surface area contributed by atoms with Crippen molar-refractivity contribution in [3.8, 4) is 0 Å². The van der Waals surface area contributed by atoms with Gasteiger partial charge in [0.2, 0.25) is 5.79 Å². The Kier molecular flexibility index (Phi) is 20.8. The van der Waals surface area contributed by atoms with Crippen LogP contribution in [0.25, 0.3) is 0 Å². The van der Waals surface area contributed by atoms with E-state index < -0.39 is 65.6 Å². The predicted octanol–water partition coefficient (Wildman–Crippen LogP) is 7.07. The molecule has 3 fully saturated rings. The highest BCUT2D eigenvalue weighted by molar-refractivity contribution is 6.38. The van der Waals surface area contributed by atoms with Crippen LogP contribution in [-0.2, 0) is 47.7 Å². The maximum atomic E-state index is 14.1. The highest BCUT2D eigenvalue weighted by Crippen LogP contribution is 2.37. The summed E-state index contributed by atoms with van der Waals surface area (Å²) in [4.78, 5) is 71.0. The lowest BCUT2D eigenvalue weighted by Gasteiger charge is -2.42. The molecule has 1 saturated carbocycles. The number of amides is 1. The summed E-state index contributed by atoms with van der Waals surface area (Å²) >= 11 is 0. The van der Waals surface area contributed by atoms with E-state index in [2.05, 4.69) is 13.0 Å². The summed E-state index contributed by atoms with van der Waals surface area (Å²) in [5.74, 6) is -7.12. The van der Waals surface area contributed by atoms with Crippen molar-refractivity contribution in [2.45, 2.75) is 168 Å². The number of cyclic esters (lactones) is 1. The van der Waals surface area contributed by atoms with Crippen molar-refractivity contribution in [3.63, 3.8) is 0 Å². The third-order valence-corrected chi connectivity index (χ3v) is 14.3. The number of fused-ring (bicyclic) bond motifs is 4. The molecule has 2 saturated heterocycles. The predicted molar refractivity (Wildman–Crippen MR) is 244 cm³/mol. The summed E-state index contributed by atoms with van der Waals surface area (Å²) in [6, 6.07) is 0. The fraction of sp³-hybridized carbons (Fsp3) is 0.745. The number of ketones is 3. The SMILES string of the molecule is CO[C@H]1C[C@@H]2CC[C@@H](C)[C@@](O)(O2)C(=O)C(=O)N2CCCC(C2)C(=O)O[C@H]([C@H](C)C[C@@H]2CC[C@@H](O)[C@H](OC)C2)CC(=O)[C@H](C)/C=C(\C)C[C@@H](OC)C(=O)[C@H](C)C[C@H](C)/C=C/C=C/C=C/1C. The van der Waals surface area contributed by atoms with Crippen LogP contribution in [0.4, 0.5) is 0 Å². The van der Waals surface area contributed by atoms with E-state index in [9.17, 15) is 34.2 Å². The molecule has 1 amide bonds. The second-order valence-corrected chi connectivity index (χ2v) is 19.6. The number of aliphatic hydroxyl groups is 2. The molecule has 360 valence electrons. The molecule has 13 nitrogen and oxygen atoms in total. The average molecular weight is 898 g/mol. The van der Waals surface area contributed by atoms with E-state index in [-0.39, 0.29) is 67.0 Å². The molecule has 1 aliphatic carbocycles. The van der Waals surface area contributed by atoms with Crippen molar-refractivity contribution in [2.24, 2.45) is 41.4 Å². The number of Topliss-reactive ketones (excluding diaryl/α,β-unsaturated/α-hetero) is 3. The van der Waals surface area contributed by atoms with E-state index in [1.54, 1.807) is 28.1 Å². The van der Waals surface area contributed by atoms with Gasteiger partial charge >= 0.3 is 5.97 Å². The summed E-state index contributed by atoms with van der Waals surface area (Å²) in [5, 5.41) is 22.3. The second kappa shape index (κ2) is 25.0. The molecule has 0 spiro atoms. The Hall–Kier alpha value is -3.33. The van der Waals surface area contributed by atoms with Gasteiger partial charge in [-0.05, 0) is 95.0 Å². The Labute approximate surface area is 382 Å². The number of methoxy groups -OCH3 is 3. The van der Waals surface area contributed by atoms with Gasteiger partial charge in [-0.1, -0.05) is 76.6 Å². The molecule has 3 heterocycles. The van der Waals surface area contributed by atoms with Crippen LogP contribution in [0, 0.1) is 41.4 Å². The summed E-state index contributed by atoms with van der Waals surface area (Å²) in [6.07, 6.45) is 14.2. The fourth-order valence-corrected chi connectivity index (χ4v) is 10.1. The zero-order valence-electron chi connectivity index (χ0n) is 40.3. The molecule has 64 heavy (non-hydrogen) atoms. The van der Waals surface area contributed by atoms with Gasteiger partial charge in [-0.3, -0.25) is 24.0 Å². The molecule has 4 rings (SSSR count). The molecule has 14 atom stereocenters. The van der Waals surface area contributed by atoms with Crippen LogP contribution in [0.5, 0.6) is 0 Å². The van der Waals surface area contributed by atoms with Gasteiger partial charge in [0.1, 0.15) is 18.0 Å². The summed E-state index contributed by atoms with van der Waals surface area (Å²) < 4.78 is 29.5. The Morgan fingerprint density at radius 3 is 2.27 bits per heavy atom. The third-order valence-electron chi connectivity index (χ3n) is 14.3. The smallest absolute Gasteiger partial charge is 0.311 e. The van der Waals surface area contributed by atoms with Crippen LogP contribution >= 0.6 is 0 Å². The van der Waals surface area contributed by atoms with Crippen molar-refractivity contribution in [1.29, 1.82) is 0 Å². The second-order valence-electron chi connectivity index (χ2n) is 19.6. The highest BCUT2D eigenvalue weighted by Gasteiger charge is 2.52. The molecule has 4 bridgehead atoms. The van der Waals surface area contributed by atoms with Gasteiger partial charge in [0, 0.05) is 71.4 Å². The summed E-state index contributed by atoms with van der Waals surface area (Å²) in [6.45, 7) is 13.4. The Morgan fingerprint density at radius 2 is 1.58 bits per heavy atom. The van der Waals surface area contributed by atoms with Gasteiger partial charge < -0.3 is 38.8 Å². The number of hydrogen-bond donors (Lipinski definition) is 2. The number of rotatable bonds is 6. The number of allylic oxidation sites excluding steroid dienone is 6. The van der Waals surface area contributed by atoms with Gasteiger partial charge in [-0.2, -0.15) is 0 Å². The standard InChI is InChI=1S/C51H79NO12/c1-31-15-12-11-13-16-33(3)43(60-8)28-40-20-18-37(7)51(59,64-40)48(56)49(57)52-22-14-17-39(30-52)50(58)63-44(35(5)26-38-19-21-41(53)45(27-38)61-9)29-42(54)34(4)24-32(2)25-46(62-10)47(55)36(6)23-31/h11-13,15-16,24,31,34-41,43-46,53,59H,14,17-23,25-30H2,1-10H3/b13-11+,15-12+,32-24+,33-16+/t31-,34-,35-,36-,37-,38+,39?,40+,41-,43+,44+,45-,46-,51-/m1/s1. The molecule has 4 aliphatic rings. The minimum absolute atomic E-state index is 0.00257. The lowest BCUT2D eigenvalue weighted by molar-refractivity contribution is -0.265. The minimum atomic E-state index is -2.35. The van der Waals surface area contributed by atoms with Gasteiger partial charge in [-0.15, -0.1) is 0 Å². The molecule has 3 aliphatic heterocycles. The number of ether oxygens (including phenoxy) is 5. The van der Waals surface area contributed by atoms with Crippen LogP contribution < -0.4 is 0 Å². The molecule has 0 radical (unpaired) electrons. The molecule has 13 heteroatoms. The quantitative estimate of drug-likeness (QED) is 0.158. The zero-order chi connectivity index (χ0) is 47.3. The first-order valence-electron chi connectivity index (χ1n) is 23.8. The van der Waals surface area contributed by atoms with Crippen molar-refractivity contribution >= 4 is 29.2 Å². The molecule has 2 N–H and O–H groups in total. The van der Waals surface area contributed by atoms with E-state index in [1.165, 1.54) is 12.0 Å². The molecule has 0 aromatic rings. The maximum Gasteiger partial charge on any atom is 0.311 e. The Morgan fingerprint density at radius 1 is 0.859 bits per heavy atom. The normalized spacial score (nSPS) is 39.7. The van der Waals surface area contributed by atoms with Crippen LogP contribution in [0.2, 0.25) is 0 Å². The monoisotopic (exact) mass is 898 g/mol. The number of hydrogen-bond acceptors (Lipinski definition) is 12. The number of esters is 1. The van der Waals surface area contributed by atoms with Gasteiger partial charge in [0.05, 0.1) is 30.3 Å². The summed E-state index contributed by atoms with van der Waals surface area (Å²) in [7, 11) is 4.72. The topological polar surface area (TPSA) is 175 Å². The van der Waals surface area contributed by atoms with E-state index in [4.69, 9.17) is 23.7 Å². The zero-order valence-corrected chi connectivity index (χ0v) is 40.3. The first kappa shape index (κ1) is 53.3. The average Bonchev–Trinajstić information content (AvgIpc) is 3.27. The molecular weight excluding hydrogens is 819 g/mol. The largest absolute Gasteiger partial charge is 0.461 e. The Balaban J connectivity index is 1.63. The van der Waals surface area contributed by atoms with Crippen molar-refractivity contribution < 1.29 is 57.9 Å². The van der Waals surface area contributed by atoms with Gasteiger partial charge in [-0.25, -0.2) is 0 Å². The third kappa shape index (κ3) is 14.6. The van der Waals surface area contributed by atoms with E-state index >= 15 is 0 Å². The Bertz CT molecular complexity index is 1720.